The summed E-state index contributed by atoms with van der Waals surface area (Å²) >= 11 is 2.88. The Bertz CT molecular complexity index is 636. The minimum Gasteiger partial charge on any atom is -0.182 e. The molecule has 3 rings (SSSR count). The average Bonchev–Trinajstić information content (AvgIpc) is 2.92. The molecule has 0 unspecified atom stereocenters. The number of aromatic nitrogens is 6. The third kappa shape index (κ3) is 1.34. The summed E-state index contributed by atoms with van der Waals surface area (Å²) in [4.78, 5) is 1.75. The van der Waals surface area contributed by atoms with E-state index in [9.17, 15) is 0 Å². The van der Waals surface area contributed by atoms with Crippen LogP contribution < -0.4 is 0 Å². The van der Waals surface area contributed by atoms with Gasteiger partial charge >= 0.3 is 0 Å². The highest BCUT2D eigenvalue weighted by atomic mass is 32.1. The van der Waals surface area contributed by atoms with Crippen LogP contribution in [-0.2, 0) is 6.42 Å². The van der Waals surface area contributed by atoms with E-state index in [1.807, 2.05) is 6.92 Å². The number of hydrogen-bond acceptors (Lipinski definition) is 7. The lowest BCUT2D eigenvalue weighted by Crippen LogP contribution is -1.91. The average molecular weight is 252 g/mol. The molecule has 16 heavy (non-hydrogen) atoms. The first-order chi connectivity index (χ1) is 7.79. The smallest absolute Gasteiger partial charge is 0.182 e. The zero-order valence-electron chi connectivity index (χ0n) is 8.71. The van der Waals surface area contributed by atoms with Crippen LogP contribution in [0.4, 0.5) is 0 Å². The maximum absolute atomic E-state index is 4.45. The molecule has 82 valence electrons. The van der Waals surface area contributed by atoms with Crippen LogP contribution in [0.15, 0.2) is 0 Å². The van der Waals surface area contributed by atoms with Gasteiger partial charge in [0, 0.05) is 0 Å². The van der Waals surface area contributed by atoms with Gasteiger partial charge in [-0.3, -0.25) is 0 Å². The van der Waals surface area contributed by atoms with E-state index in [0.29, 0.717) is 0 Å². The van der Waals surface area contributed by atoms with Gasteiger partial charge in [-0.25, -0.2) is 0 Å². The van der Waals surface area contributed by atoms with Crippen molar-refractivity contribution in [2.75, 3.05) is 0 Å². The van der Waals surface area contributed by atoms with Gasteiger partial charge in [-0.15, -0.1) is 15.3 Å². The Morgan fingerprint density at radius 3 is 2.81 bits per heavy atom. The topological polar surface area (TPSA) is 68.9 Å². The maximum Gasteiger partial charge on any atom is 0.234 e. The van der Waals surface area contributed by atoms with Gasteiger partial charge in [0.1, 0.15) is 9.88 Å². The first-order valence-corrected chi connectivity index (χ1v) is 6.39. The Balaban J connectivity index is 2.24. The van der Waals surface area contributed by atoms with Crippen LogP contribution in [-0.4, -0.2) is 29.4 Å². The lowest BCUT2D eigenvalue weighted by Gasteiger charge is -1.90. The van der Waals surface area contributed by atoms with Crippen molar-refractivity contribution in [3.63, 3.8) is 0 Å². The van der Waals surface area contributed by atoms with Crippen LogP contribution in [0.1, 0.15) is 17.6 Å². The Labute approximate surface area is 99.1 Å². The van der Waals surface area contributed by atoms with Crippen LogP contribution in [0.3, 0.4) is 0 Å². The van der Waals surface area contributed by atoms with Crippen molar-refractivity contribution in [2.45, 2.75) is 20.3 Å². The molecule has 0 saturated heterocycles. The van der Waals surface area contributed by atoms with Gasteiger partial charge in [0.25, 0.3) is 0 Å². The van der Waals surface area contributed by atoms with Crippen LogP contribution in [0.5, 0.6) is 0 Å². The maximum atomic E-state index is 4.45. The van der Waals surface area contributed by atoms with E-state index >= 15 is 0 Å². The van der Waals surface area contributed by atoms with E-state index in [4.69, 9.17) is 0 Å². The Morgan fingerprint density at radius 2 is 2.12 bits per heavy atom. The van der Waals surface area contributed by atoms with Crippen LogP contribution >= 0.6 is 22.9 Å². The summed E-state index contributed by atoms with van der Waals surface area (Å²) in [5.74, 6) is 0.735. The molecule has 0 radical (unpaired) electrons. The summed E-state index contributed by atoms with van der Waals surface area (Å²) in [5.41, 5.74) is 0.866. The fourth-order valence-electron chi connectivity index (χ4n) is 1.38. The summed E-state index contributed by atoms with van der Waals surface area (Å²) in [6.07, 6.45) is 0.910. The molecule has 8 heteroatoms. The third-order valence-electron chi connectivity index (χ3n) is 2.19. The molecule has 0 aliphatic heterocycles. The van der Waals surface area contributed by atoms with Crippen molar-refractivity contribution in [2.24, 2.45) is 0 Å². The van der Waals surface area contributed by atoms with Crippen molar-refractivity contribution in [3.05, 3.63) is 10.7 Å². The molecule has 3 heterocycles. The van der Waals surface area contributed by atoms with Gasteiger partial charge in [0.15, 0.2) is 5.82 Å². The largest absolute Gasteiger partial charge is 0.234 e. The lowest BCUT2D eigenvalue weighted by atomic mass is 10.4. The quantitative estimate of drug-likeness (QED) is 0.692. The molecule has 0 bridgehead atoms. The molecule has 0 amide bonds. The van der Waals surface area contributed by atoms with E-state index in [1.54, 1.807) is 15.9 Å². The second-order valence-corrected chi connectivity index (χ2v) is 5.05. The number of hydrogen-bond donors (Lipinski definition) is 0. The zero-order valence-corrected chi connectivity index (χ0v) is 10.3. The molecule has 3 aromatic heterocycles. The van der Waals surface area contributed by atoms with Gasteiger partial charge in [-0.05, 0) is 24.9 Å². The third-order valence-corrected chi connectivity index (χ3v) is 4.06. The molecule has 0 saturated carbocycles. The first-order valence-electron chi connectivity index (χ1n) is 4.80. The highest BCUT2D eigenvalue weighted by Crippen LogP contribution is 2.25. The molecule has 0 aromatic carbocycles. The molecule has 0 spiro atoms. The zero-order chi connectivity index (χ0) is 11.1. The van der Waals surface area contributed by atoms with Crippen molar-refractivity contribution < 1.29 is 0 Å². The number of rotatable bonds is 2. The van der Waals surface area contributed by atoms with Crippen molar-refractivity contribution in [1.82, 2.24) is 29.4 Å². The SMILES string of the molecule is CCc1nn2c(-c3snnc3C)nnc2s1. The second-order valence-electron chi connectivity index (χ2n) is 3.25. The minimum absolute atomic E-state index is 0.735. The summed E-state index contributed by atoms with van der Waals surface area (Å²) < 4.78 is 5.67. The Hall–Kier alpha value is -1.41. The second kappa shape index (κ2) is 3.56. The fraction of sp³-hybridized carbons (Fsp3) is 0.375. The Kier molecular flexibility index (Phi) is 2.18. The molecule has 0 fully saturated rings. The highest BCUT2D eigenvalue weighted by molar-refractivity contribution is 7.16. The number of aryl methyl sites for hydroxylation is 2. The van der Waals surface area contributed by atoms with Crippen LogP contribution in [0, 0.1) is 6.92 Å². The molecular weight excluding hydrogens is 244 g/mol. The van der Waals surface area contributed by atoms with E-state index < -0.39 is 0 Å². The van der Waals surface area contributed by atoms with Crippen molar-refractivity contribution in [3.8, 4) is 10.7 Å². The summed E-state index contributed by atoms with van der Waals surface area (Å²) in [7, 11) is 0. The molecule has 3 aromatic rings. The van der Waals surface area contributed by atoms with E-state index in [1.165, 1.54) is 11.5 Å². The molecule has 0 atom stereocenters. The van der Waals surface area contributed by atoms with E-state index in [2.05, 4.69) is 31.8 Å². The predicted octanol–water partition coefficient (Wildman–Crippen LogP) is 1.58. The normalized spacial score (nSPS) is 11.4. The van der Waals surface area contributed by atoms with Gasteiger partial charge in [-0.2, -0.15) is 9.61 Å². The van der Waals surface area contributed by atoms with Gasteiger partial charge in [0.05, 0.1) is 5.69 Å². The standard InChI is InChI=1S/C8H8N6S2/c1-3-5-12-14-7(10-11-8(14)15-5)6-4(2)9-13-16-6/h3H2,1-2H3. The van der Waals surface area contributed by atoms with Crippen LogP contribution in [0.25, 0.3) is 15.7 Å². The van der Waals surface area contributed by atoms with E-state index in [-0.39, 0.29) is 0 Å². The first kappa shape index (κ1) is 9.79. The lowest BCUT2D eigenvalue weighted by molar-refractivity contribution is 0.907. The van der Waals surface area contributed by atoms with Crippen molar-refractivity contribution in [1.29, 1.82) is 0 Å². The minimum atomic E-state index is 0.735. The fourth-order valence-corrected chi connectivity index (χ4v) is 2.78. The number of fused-ring (bicyclic) bond motifs is 1. The van der Waals surface area contributed by atoms with Gasteiger partial charge < -0.3 is 0 Å². The van der Waals surface area contributed by atoms with Crippen molar-refractivity contribution >= 4 is 27.8 Å². The highest BCUT2D eigenvalue weighted by Gasteiger charge is 2.16. The predicted molar refractivity (Wildman–Crippen MR) is 61.7 cm³/mol. The van der Waals surface area contributed by atoms with Gasteiger partial charge in [-0.1, -0.05) is 22.7 Å². The molecule has 0 N–H and O–H groups in total. The molecule has 0 aliphatic carbocycles. The molecule has 6 nitrogen and oxygen atoms in total. The monoisotopic (exact) mass is 252 g/mol. The molecular formula is C8H8N6S2. The summed E-state index contributed by atoms with van der Waals surface area (Å²) in [6, 6.07) is 0. The Morgan fingerprint density at radius 1 is 1.25 bits per heavy atom. The number of nitrogens with zero attached hydrogens (tertiary/aromatic N) is 6. The summed E-state index contributed by atoms with van der Waals surface area (Å²) in [5, 5.41) is 17.7. The molecule has 0 aliphatic rings. The van der Waals surface area contributed by atoms with Crippen LogP contribution in [0.2, 0.25) is 0 Å². The summed E-state index contributed by atoms with van der Waals surface area (Å²) in [6.45, 7) is 3.98. The van der Waals surface area contributed by atoms with E-state index in [0.717, 1.165) is 32.8 Å². The van der Waals surface area contributed by atoms with Gasteiger partial charge in [0.2, 0.25) is 4.96 Å².